The summed E-state index contributed by atoms with van der Waals surface area (Å²) in [5.74, 6) is 1.16. The first kappa shape index (κ1) is 12.8. The van der Waals surface area contributed by atoms with Crippen molar-refractivity contribution in [3.05, 3.63) is 18.1 Å². The summed E-state index contributed by atoms with van der Waals surface area (Å²) in [7, 11) is 1.73. The SMILES string of the molecule is COC1CN(c2nccnc2C(=N)N)CCC1C. The molecule has 1 aromatic heterocycles. The van der Waals surface area contributed by atoms with Gasteiger partial charge in [-0.25, -0.2) is 9.97 Å². The molecule has 0 bridgehead atoms. The van der Waals surface area contributed by atoms with Crippen LogP contribution in [0.1, 0.15) is 19.0 Å². The number of amidine groups is 1. The Morgan fingerprint density at radius 3 is 2.89 bits per heavy atom. The lowest BCUT2D eigenvalue weighted by Crippen LogP contribution is -2.45. The first-order chi connectivity index (χ1) is 8.63. The van der Waals surface area contributed by atoms with Gasteiger partial charge in [-0.3, -0.25) is 5.41 Å². The van der Waals surface area contributed by atoms with E-state index in [1.165, 1.54) is 0 Å². The van der Waals surface area contributed by atoms with Crippen molar-refractivity contribution in [2.75, 3.05) is 25.1 Å². The molecule has 2 atom stereocenters. The van der Waals surface area contributed by atoms with E-state index in [0.717, 1.165) is 19.5 Å². The highest BCUT2D eigenvalue weighted by molar-refractivity contribution is 5.97. The van der Waals surface area contributed by atoms with Crippen LogP contribution in [0, 0.1) is 11.3 Å². The Bertz CT molecular complexity index is 436. The number of anilines is 1. The summed E-state index contributed by atoms with van der Waals surface area (Å²) in [6.45, 7) is 3.84. The Morgan fingerprint density at radius 1 is 1.50 bits per heavy atom. The fraction of sp³-hybridized carbons (Fsp3) is 0.583. The number of hydrogen-bond donors (Lipinski definition) is 2. The van der Waals surface area contributed by atoms with Crippen LogP contribution in [0.3, 0.4) is 0 Å². The molecule has 1 aromatic rings. The quantitative estimate of drug-likeness (QED) is 0.605. The van der Waals surface area contributed by atoms with Crippen LogP contribution in [0.15, 0.2) is 12.4 Å². The molecule has 0 radical (unpaired) electrons. The molecule has 2 rings (SSSR count). The average Bonchev–Trinajstić information content (AvgIpc) is 2.39. The molecule has 3 N–H and O–H groups in total. The largest absolute Gasteiger partial charge is 0.382 e. The number of nitrogens with two attached hydrogens (primary N) is 1. The second-order valence-corrected chi connectivity index (χ2v) is 4.63. The predicted molar refractivity (Wildman–Crippen MR) is 69.8 cm³/mol. The van der Waals surface area contributed by atoms with Crippen molar-refractivity contribution in [1.82, 2.24) is 9.97 Å². The Kier molecular flexibility index (Phi) is 3.76. The normalized spacial score (nSPS) is 24.0. The van der Waals surface area contributed by atoms with Gasteiger partial charge in [-0.2, -0.15) is 0 Å². The molecule has 2 unspecified atom stereocenters. The van der Waals surface area contributed by atoms with Crippen LogP contribution in [0.25, 0.3) is 0 Å². The molecule has 1 saturated heterocycles. The van der Waals surface area contributed by atoms with Crippen molar-refractivity contribution in [1.29, 1.82) is 5.41 Å². The number of nitrogens with zero attached hydrogens (tertiary/aromatic N) is 3. The van der Waals surface area contributed by atoms with Crippen molar-refractivity contribution in [3.8, 4) is 0 Å². The Balaban J connectivity index is 2.24. The molecule has 0 aliphatic carbocycles. The molecule has 6 nitrogen and oxygen atoms in total. The lowest BCUT2D eigenvalue weighted by atomic mass is 9.96. The summed E-state index contributed by atoms with van der Waals surface area (Å²) >= 11 is 0. The Labute approximate surface area is 107 Å². The van der Waals surface area contributed by atoms with E-state index in [1.54, 1.807) is 19.5 Å². The van der Waals surface area contributed by atoms with E-state index in [4.69, 9.17) is 15.9 Å². The van der Waals surface area contributed by atoms with E-state index in [1.807, 2.05) is 0 Å². The van der Waals surface area contributed by atoms with Gasteiger partial charge in [-0.15, -0.1) is 0 Å². The smallest absolute Gasteiger partial charge is 0.158 e. The maximum absolute atomic E-state index is 7.55. The molecule has 98 valence electrons. The third kappa shape index (κ3) is 2.43. The zero-order valence-corrected chi connectivity index (χ0v) is 10.8. The highest BCUT2D eigenvalue weighted by atomic mass is 16.5. The van der Waals surface area contributed by atoms with Gasteiger partial charge >= 0.3 is 0 Å². The van der Waals surface area contributed by atoms with Crippen LogP contribution in [0.2, 0.25) is 0 Å². The first-order valence-electron chi connectivity index (χ1n) is 6.06. The molecule has 0 aromatic carbocycles. The van der Waals surface area contributed by atoms with Crippen LogP contribution < -0.4 is 10.6 Å². The molecular formula is C12H19N5O. The first-order valence-corrected chi connectivity index (χ1v) is 6.06. The number of methoxy groups -OCH3 is 1. The van der Waals surface area contributed by atoms with Gasteiger partial charge in [0.25, 0.3) is 0 Å². The van der Waals surface area contributed by atoms with Crippen LogP contribution in [-0.2, 0) is 4.74 Å². The lowest BCUT2D eigenvalue weighted by molar-refractivity contribution is 0.0496. The average molecular weight is 249 g/mol. The van der Waals surface area contributed by atoms with Crippen LogP contribution in [0.5, 0.6) is 0 Å². The fourth-order valence-electron chi connectivity index (χ4n) is 2.29. The fourth-order valence-corrected chi connectivity index (χ4v) is 2.29. The van der Waals surface area contributed by atoms with E-state index in [-0.39, 0.29) is 11.9 Å². The van der Waals surface area contributed by atoms with E-state index >= 15 is 0 Å². The number of nitrogens with one attached hydrogen (secondary N) is 1. The highest BCUT2D eigenvalue weighted by Gasteiger charge is 2.28. The number of piperidine rings is 1. The summed E-state index contributed by atoms with van der Waals surface area (Å²) in [5.41, 5.74) is 5.98. The van der Waals surface area contributed by atoms with Crippen LogP contribution in [-0.4, -0.2) is 42.1 Å². The Morgan fingerprint density at radius 2 is 2.22 bits per heavy atom. The summed E-state index contributed by atoms with van der Waals surface area (Å²) in [4.78, 5) is 10.5. The zero-order valence-electron chi connectivity index (χ0n) is 10.8. The summed E-state index contributed by atoms with van der Waals surface area (Å²) < 4.78 is 5.48. The third-order valence-electron chi connectivity index (χ3n) is 3.43. The molecule has 18 heavy (non-hydrogen) atoms. The van der Waals surface area contributed by atoms with Crippen molar-refractivity contribution in [2.24, 2.45) is 11.7 Å². The molecule has 0 spiro atoms. The molecule has 0 amide bonds. The van der Waals surface area contributed by atoms with Crippen molar-refractivity contribution in [3.63, 3.8) is 0 Å². The lowest BCUT2D eigenvalue weighted by Gasteiger charge is -2.37. The molecule has 1 aliphatic rings. The molecule has 1 aliphatic heterocycles. The summed E-state index contributed by atoms with van der Waals surface area (Å²) in [5, 5.41) is 7.55. The monoisotopic (exact) mass is 249 g/mol. The van der Waals surface area contributed by atoms with E-state index < -0.39 is 0 Å². The van der Waals surface area contributed by atoms with Gasteiger partial charge in [-0.05, 0) is 12.3 Å². The molecule has 6 heteroatoms. The minimum absolute atomic E-state index is 0.0503. The van der Waals surface area contributed by atoms with E-state index in [0.29, 0.717) is 17.4 Å². The number of ether oxygens (including phenoxy) is 1. The van der Waals surface area contributed by atoms with Gasteiger partial charge in [0, 0.05) is 32.6 Å². The topological polar surface area (TPSA) is 88.1 Å². The second-order valence-electron chi connectivity index (χ2n) is 4.63. The third-order valence-corrected chi connectivity index (χ3v) is 3.43. The number of aromatic nitrogens is 2. The van der Waals surface area contributed by atoms with Crippen molar-refractivity contribution >= 4 is 11.7 Å². The van der Waals surface area contributed by atoms with Crippen molar-refractivity contribution < 1.29 is 4.74 Å². The minimum Gasteiger partial charge on any atom is -0.382 e. The van der Waals surface area contributed by atoms with Gasteiger partial charge < -0.3 is 15.4 Å². The van der Waals surface area contributed by atoms with Crippen LogP contribution in [0.4, 0.5) is 5.82 Å². The molecule has 2 heterocycles. The van der Waals surface area contributed by atoms with Gasteiger partial charge in [-0.1, -0.05) is 6.92 Å². The number of nitrogen functional groups attached to an aromatic ring is 1. The number of rotatable bonds is 3. The standard InChI is InChI=1S/C12H19N5O/c1-8-3-6-17(7-9(8)18-2)12-10(11(13)14)15-4-5-16-12/h4-5,8-9H,3,6-7H2,1-2H3,(H3,13,14). The van der Waals surface area contributed by atoms with Gasteiger partial charge in [0.2, 0.25) is 0 Å². The molecule has 1 fully saturated rings. The second kappa shape index (κ2) is 5.30. The van der Waals surface area contributed by atoms with Gasteiger partial charge in [0.05, 0.1) is 6.10 Å². The van der Waals surface area contributed by atoms with Gasteiger partial charge in [0.15, 0.2) is 5.82 Å². The minimum atomic E-state index is -0.0503. The zero-order chi connectivity index (χ0) is 13.1. The Hall–Kier alpha value is -1.69. The predicted octanol–water partition coefficient (Wildman–Crippen LogP) is 0.622. The van der Waals surface area contributed by atoms with E-state index in [2.05, 4.69) is 21.8 Å². The highest BCUT2D eigenvalue weighted by Crippen LogP contribution is 2.24. The summed E-state index contributed by atoms with van der Waals surface area (Å²) in [6, 6.07) is 0. The van der Waals surface area contributed by atoms with Crippen LogP contribution >= 0.6 is 0 Å². The summed E-state index contributed by atoms with van der Waals surface area (Å²) in [6.07, 6.45) is 4.40. The maximum Gasteiger partial charge on any atom is 0.158 e. The maximum atomic E-state index is 7.55. The molecule has 0 saturated carbocycles. The number of hydrogen-bond acceptors (Lipinski definition) is 5. The van der Waals surface area contributed by atoms with E-state index in [9.17, 15) is 0 Å². The van der Waals surface area contributed by atoms with Gasteiger partial charge in [0.1, 0.15) is 11.5 Å². The van der Waals surface area contributed by atoms with Crippen molar-refractivity contribution in [2.45, 2.75) is 19.4 Å². The molecular weight excluding hydrogens is 230 g/mol.